The highest BCUT2D eigenvalue weighted by molar-refractivity contribution is 9.10. The van der Waals surface area contributed by atoms with E-state index in [1.54, 1.807) is 6.07 Å². The smallest absolute Gasteiger partial charge is 0.385 e. The Morgan fingerprint density at radius 1 is 1.15 bits per heavy atom. The maximum atomic E-state index is 12.9. The topological polar surface area (TPSA) is 12.0 Å². The van der Waals surface area contributed by atoms with Crippen LogP contribution >= 0.6 is 15.9 Å². The van der Waals surface area contributed by atoms with Crippen LogP contribution in [0.5, 0.6) is 0 Å². The van der Waals surface area contributed by atoms with Crippen LogP contribution in [-0.2, 0) is 6.18 Å². The van der Waals surface area contributed by atoms with Crippen molar-refractivity contribution in [1.29, 1.82) is 0 Å². The Hall–Kier alpha value is -0.710. The van der Waals surface area contributed by atoms with Crippen molar-refractivity contribution in [2.75, 3.05) is 11.9 Å². The maximum absolute atomic E-state index is 12.9. The van der Waals surface area contributed by atoms with Crippen LogP contribution < -0.4 is 5.32 Å². The van der Waals surface area contributed by atoms with E-state index >= 15 is 0 Å². The molecule has 2 rings (SSSR count). The Balaban J connectivity index is 1.95. The van der Waals surface area contributed by atoms with Crippen LogP contribution in [0.3, 0.4) is 0 Å². The molecule has 1 aliphatic rings. The van der Waals surface area contributed by atoms with E-state index < -0.39 is 11.7 Å². The lowest BCUT2D eigenvalue weighted by atomic mass is 9.87. The molecule has 1 nitrogen and oxygen atoms in total. The van der Waals surface area contributed by atoms with Gasteiger partial charge in [0.15, 0.2) is 0 Å². The van der Waals surface area contributed by atoms with Gasteiger partial charge in [-0.1, -0.05) is 48.0 Å². The van der Waals surface area contributed by atoms with Crippen molar-refractivity contribution >= 4 is 21.6 Å². The molecule has 1 aliphatic carbocycles. The average molecular weight is 350 g/mol. The van der Waals surface area contributed by atoms with Crippen molar-refractivity contribution in [2.45, 2.75) is 44.7 Å². The highest BCUT2D eigenvalue weighted by Gasteiger charge is 2.33. The van der Waals surface area contributed by atoms with Gasteiger partial charge in [0.05, 0.1) is 5.56 Å². The third-order valence-electron chi connectivity index (χ3n) is 3.88. The van der Waals surface area contributed by atoms with E-state index in [9.17, 15) is 13.2 Å². The van der Waals surface area contributed by atoms with Crippen molar-refractivity contribution in [1.82, 2.24) is 0 Å². The first-order chi connectivity index (χ1) is 9.47. The van der Waals surface area contributed by atoms with E-state index in [2.05, 4.69) is 21.2 Å². The molecule has 1 fully saturated rings. The summed E-state index contributed by atoms with van der Waals surface area (Å²) in [7, 11) is 0. The van der Waals surface area contributed by atoms with Crippen molar-refractivity contribution in [3.8, 4) is 0 Å². The molecule has 1 saturated carbocycles. The molecule has 20 heavy (non-hydrogen) atoms. The molecular weight excluding hydrogens is 331 g/mol. The number of anilines is 1. The number of hydrogen-bond donors (Lipinski definition) is 1. The summed E-state index contributed by atoms with van der Waals surface area (Å²) < 4.78 is 39.3. The molecule has 0 aromatic heterocycles. The van der Waals surface area contributed by atoms with E-state index in [1.165, 1.54) is 38.2 Å². The second-order valence-corrected chi connectivity index (χ2v) is 6.32. The maximum Gasteiger partial charge on any atom is 0.418 e. The average Bonchev–Trinajstić information content (AvgIpc) is 2.40. The lowest BCUT2D eigenvalue weighted by molar-refractivity contribution is -0.137. The van der Waals surface area contributed by atoms with Gasteiger partial charge in [0.1, 0.15) is 0 Å². The number of rotatable bonds is 4. The van der Waals surface area contributed by atoms with Crippen LogP contribution in [0.2, 0.25) is 0 Å². The third kappa shape index (κ3) is 4.40. The minimum atomic E-state index is -4.32. The number of benzene rings is 1. The first-order valence-corrected chi connectivity index (χ1v) is 7.87. The third-order valence-corrected chi connectivity index (χ3v) is 4.37. The molecule has 1 aromatic rings. The molecule has 0 saturated heterocycles. The normalized spacial score (nSPS) is 17.2. The zero-order valence-electron chi connectivity index (χ0n) is 11.3. The molecule has 1 aromatic carbocycles. The summed E-state index contributed by atoms with van der Waals surface area (Å²) in [6, 6.07) is 4.26. The second kappa shape index (κ2) is 6.83. The number of alkyl halides is 3. The Labute approximate surface area is 126 Å². The summed E-state index contributed by atoms with van der Waals surface area (Å²) in [6.45, 7) is 0.607. The summed E-state index contributed by atoms with van der Waals surface area (Å²) in [4.78, 5) is 0. The SMILES string of the molecule is FC(F)(F)c1cc(Br)ccc1NCCC1CCCCC1. The zero-order chi connectivity index (χ0) is 14.6. The molecule has 0 unspecified atom stereocenters. The fourth-order valence-corrected chi connectivity index (χ4v) is 3.15. The van der Waals surface area contributed by atoms with Gasteiger partial charge >= 0.3 is 6.18 Å². The van der Waals surface area contributed by atoms with Crippen molar-refractivity contribution < 1.29 is 13.2 Å². The first kappa shape index (κ1) is 15.7. The lowest BCUT2D eigenvalue weighted by Crippen LogP contribution is -2.15. The number of nitrogens with one attached hydrogen (secondary N) is 1. The molecule has 0 bridgehead atoms. The molecule has 0 heterocycles. The fourth-order valence-electron chi connectivity index (χ4n) is 2.79. The van der Waals surface area contributed by atoms with Crippen molar-refractivity contribution in [2.24, 2.45) is 5.92 Å². The van der Waals surface area contributed by atoms with Crippen molar-refractivity contribution in [3.63, 3.8) is 0 Å². The molecule has 0 radical (unpaired) electrons. The molecule has 1 N–H and O–H groups in total. The van der Waals surface area contributed by atoms with E-state index in [0.717, 1.165) is 12.5 Å². The Kier molecular flexibility index (Phi) is 5.35. The van der Waals surface area contributed by atoms with E-state index in [-0.39, 0.29) is 5.69 Å². The summed E-state index contributed by atoms with van der Waals surface area (Å²) in [5.74, 6) is 0.668. The standard InChI is InChI=1S/C15H19BrF3N/c16-12-6-7-14(13(10-12)15(17,18)19)20-9-8-11-4-2-1-3-5-11/h6-7,10-11,20H,1-5,8-9H2. The minimum absolute atomic E-state index is 0.177. The molecular formula is C15H19BrF3N. The predicted molar refractivity (Wildman–Crippen MR) is 78.8 cm³/mol. The minimum Gasteiger partial charge on any atom is -0.385 e. The lowest BCUT2D eigenvalue weighted by Gasteiger charge is -2.22. The van der Waals surface area contributed by atoms with Gasteiger partial charge in [-0.2, -0.15) is 13.2 Å². The van der Waals surface area contributed by atoms with Gasteiger partial charge in [-0.15, -0.1) is 0 Å². The van der Waals surface area contributed by atoms with Gasteiger partial charge in [0.2, 0.25) is 0 Å². The Bertz CT molecular complexity index is 439. The van der Waals surface area contributed by atoms with Crippen LogP contribution in [0.4, 0.5) is 18.9 Å². The van der Waals surface area contributed by atoms with Crippen LogP contribution in [0, 0.1) is 5.92 Å². The quantitative estimate of drug-likeness (QED) is 0.718. The van der Waals surface area contributed by atoms with Crippen LogP contribution in [0.1, 0.15) is 44.1 Å². The summed E-state index contributed by atoms with van der Waals surface area (Å²) in [6.07, 6.45) is 2.88. The second-order valence-electron chi connectivity index (χ2n) is 5.41. The first-order valence-electron chi connectivity index (χ1n) is 7.07. The number of hydrogen-bond acceptors (Lipinski definition) is 1. The predicted octanol–water partition coefficient (Wildman–Crippen LogP) is 5.85. The van der Waals surface area contributed by atoms with Gasteiger partial charge in [-0.05, 0) is 30.5 Å². The Morgan fingerprint density at radius 3 is 2.50 bits per heavy atom. The van der Waals surface area contributed by atoms with Gasteiger partial charge in [-0.25, -0.2) is 0 Å². The zero-order valence-corrected chi connectivity index (χ0v) is 12.9. The molecule has 0 atom stereocenters. The van der Waals surface area contributed by atoms with E-state index in [1.807, 2.05) is 0 Å². The van der Waals surface area contributed by atoms with Crippen LogP contribution in [-0.4, -0.2) is 6.54 Å². The highest BCUT2D eigenvalue weighted by atomic mass is 79.9. The van der Waals surface area contributed by atoms with E-state index in [4.69, 9.17) is 0 Å². The van der Waals surface area contributed by atoms with Crippen molar-refractivity contribution in [3.05, 3.63) is 28.2 Å². The molecule has 0 aliphatic heterocycles. The summed E-state index contributed by atoms with van der Waals surface area (Å²) in [5, 5.41) is 2.95. The van der Waals surface area contributed by atoms with Gasteiger partial charge < -0.3 is 5.32 Å². The van der Waals surface area contributed by atoms with Crippen LogP contribution in [0.25, 0.3) is 0 Å². The van der Waals surface area contributed by atoms with Gasteiger partial charge in [-0.3, -0.25) is 0 Å². The monoisotopic (exact) mass is 349 g/mol. The van der Waals surface area contributed by atoms with Gasteiger partial charge in [0.25, 0.3) is 0 Å². The molecule has 112 valence electrons. The van der Waals surface area contributed by atoms with Crippen LogP contribution in [0.15, 0.2) is 22.7 Å². The summed E-state index contributed by atoms with van der Waals surface area (Å²) in [5.41, 5.74) is -0.424. The number of halogens is 4. The van der Waals surface area contributed by atoms with Gasteiger partial charge in [0, 0.05) is 16.7 Å². The Morgan fingerprint density at radius 2 is 1.85 bits per heavy atom. The fraction of sp³-hybridized carbons (Fsp3) is 0.600. The summed E-state index contributed by atoms with van der Waals surface area (Å²) >= 11 is 3.09. The molecule has 0 amide bonds. The molecule has 5 heteroatoms. The largest absolute Gasteiger partial charge is 0.418 e. The highest BCUT2D eigenvalue weighted by Crippen LogP contribution is 2.36. The van der Waals surface area contributed by atoms with E-state index in [0.29, 0.717) is 16.9 Å². The molecule has 0 spiro atoms.